The van der Waals surface area contributed by atoms with Gasteiger partial charge in [0.2, 0.25) is 0 Å². The number of hydrogen-bond acceptors (Lipinski definition) is 3. The van der Waals surface area contributed by atoms with E-state index in [-0.39, 0.29) is 19.1 Å². The Morgan fingerprint density at radius 3 is 2.07 bits per heavy atom. The quantitative estimate of drug-likeness (QED) is 0.522. The molecule has 0 aliphatic heterocycles. The fourth-order valence-corrected chi connectivity index (χ4v) is 1.49. The van der Waals surface area contributed by atoms with Gasteiger partial charge in [0.15, 0.2) is 12.4 Å². The molecule has 0 aliphatic rings. The van der Waals surface area contributed by atoms with Crippen LogP contribution < -0.4 is 4.73 Å². The Morgan fingerprint density at radius 2 is 1.64 bits per heavy atom. The van der Waals surface area contributed by atoms with Gasteiger partial charge in [-0.2, -0.15) is 4.73 Å². The van der Waals surface area contributed by atoms with Crippen molar-refractivity contribution in [3.8, 4) is 0 Å². The molecule has 0 radical (unpaired) electrons. The smallest absolute Gasteiger partial charge is 0.180 e. The van der Waals surface area contributed by atoms with Crippen molar-refractivity contribution < 1.29 is 14.9 Å². The van der Waals surface area contributed by atoms with E-state index in [0.29, 0.717) is 12.8 Å². The monoisotopic (exact) mass is 197 g/mol. The highest BCUT2D eigenvalue weighted by molar-refractivity contribution is 5.13. The highest BCUT2D eigenvalue weighted by atomic mass is 16.5. The lowest BCUT2D eigenvalue weighted by molar-refractivity contribution is -0.605. The molecule has 0 bridgehead atoms. The van der Waals surface area contributed by atoms with Crippen molar-refractivity contribution >= 4 is 0 Å². The molecule has 0 saturated heterocycles. The molecule has 1 aromatic heterocycles. The van der Waals surface area contributed by atoms with Crippen molar-refractivity contribution in [3.05, 3.63) is 35.3 Å². The molecule has 1 rings (SSSR count). The number of pyridine rings is 1. The van der Waals surface area contributed by atoms with E-state index in [1.807, 2.05) is 0 Å². The standard InChI is InChI=1S/C10H15NO3/c12-7-3-10(4-8-13)9-1-5-11(14)6-2-9/h1-2,5-6,10,12-13H,3-4,7-8H2. The summed E-state index contributed by atoms with van der Waals surface area (Å²) in [7, 11) is 0. The molecule has 78 valence electrons. The zero-order valence-electron chi connectivity index (χ0n) is 7.97. The van der Waals surface area contributed by atoms with Crippen molar-refractivity contribution in [2.75, 3.05) is 13.2 Å². The molecule has 0 fully saturated rings. The summed E-state index contributed by atoms with van der Waals surface area (Å²) in [6.45, 7) is 0.188. The summed E-state index contributed by atoms with van der Waals surface area (Å²) in [5.74, 6) is 0.131. The molecule has 0 atom stereocenters. The zero-order valence-corrected chi connectivity index (χ0v) is 7.97. The lowest BCUT2D eigenvalue weighted by atomic mass is 9.94. The first kappa shape index (κ1) is 10.9. The van der Waals surface area contributed by atoms with Gasteiger partial charge in [-0.3, -0.25) is 0 Å². The lowest BCUT2D eigenvalue weighted by Gasteiger charge is -2.13. The van der Waals surface area contributed by atoms with Crippen LogP contribution in [-0.4, -0.2) is 23.4 Å². The largest absolute Gasteiger partial charge is 0.619 e. The van der Waals surface area contributed by atoms with Crippen LogP contribution in [0, 0.1) is 5.21 Å². The number of nitrogens with zero attached hydrogens (tertiary/aromatic N) is 1. The van der Waals surface area contributed by atoms with Crippen LogP contribution in [0.4, 0.5) is 0 Å². The predicted molar refractivity (Wildman–Crippen MR) is 51.5 cm³/mol. The Kier molecular flexibility index (Phi) is 4.35. The van der Waals surface area contributed by atoms with Crippen LogP contribution in [0.5, 0.6) is 0 Å². The second kappa shape index (κ2) is 5.57. The number of aromatic nitrogens is 1. The van der Waals surface area contributed by atoms with Gasteiger partial charge in [0, 0.05) is 25.3 Å². The molecule has 0 unspecified atom stereocenters. The molecule has 0 aliphatic carbocycles. The molecule has 4 nitrogen and oxygen atoms in total. The molecular weight excluding hydrogens is 182 g/mol. The summed E-state index contributed by atoms with van der Waals surface area (Å²) in [5.41, 5.74) is 0.986. The second-order valence-electron chi connectivity index (χ2n) is 3.21. The summed E-state index contributed by atoms with van der Waals surface area (Å²) < 4.78 is 0.721. The number of hydrogen-bond donors (Lipinski definition) is 2. The molecule has 1 heterocycles. The van der Waals surface area contributed by atoms with Gasteiger partial charge in [0.25, 0.3) is 0 Å². The summed E-state index contributed by atoms with van der Waals surface area (Å²) >= 11 is 0. The summed E-state index contributed by atoms with van der Waals surface area (Å²) in [4.78, 5) is 0. The van der Waals surface area contributed by atoms with E-state index in [1.54, 1.807) is 12.1 Å². The molecule has 0 spiro atoms. The van der Waals surface area contributed by atoms with Gasteiger partial charge in [-0.15, -0.1) is 0 Å². The maximum Gasteiger partial charge on any atom is 0.180 e. The minimum Gasteiger partial charge on any atom is -0.619 e. The average Bonchev–Trinajstić information content (AvgIpc) is 2.19. The van der Waals surface area contributed by atoms with Crippen LogP contribution in [0.2, 0.25) is 0 Å². The van der Waals surface area contributed by atoms with Gasteiger partial charge in [-0.1, -0.05) is 0 Å². The maximum atomic E-state index is 10.8. The molecule has 14 heavy (non-hydrogen) atoms. The second-order valence-corrected chi connectivity index (χ2v) is 3.21. The lowest BCUT2D eigenvalue weighted by Crippen LogP contribution is -2.24. The van der Waals surface area contributed by atoms with Gasteiger partial charge in [-0.05, 0) is 24.3 Å². The molecular formula is C10H15NO3. The van der Waals surface area contributed by atoms with Crippen LogP contribution in [-0.2, 0) is 0 Å². The Labute approximate surface area is 83.0 Å². The van der Waals surface area contributed by atoms with E-state index >= 15 is 0 Å². The van der Waals surface area contributed by atoms with Crippen molar-refractivity contribution in [3.63, 3.8) is 0 Å². The van der Waals surface area contributed by atoms with Gasteiger partial charge in [-0.25, -0.2) is 0 Å². The van der Waals surface area contributed by atoms with Crippen molar-refractivity contribution in [2.45, 2.75) is 18.8 Å². The van der Waals surface area contributed by atoms with Crippen molar-refractivity contribution in [1.82, 2.24) is 0 Å². The average molecular weight is 197 g/mol. The third kappa shape index (κ3) is 2.97. The van der Waals surface area contributed by atoms with Crippen molar-refractivity contribution in [1.29, 1.82) is 0 Å². The third-order valence-electron chi connectivity index (χ3n) is 2.25. The third-order valence-corrected chi connectivity index (χ3v) is 2.25. The maximum absolute atomic E-state index is 10.8. The molecule has 2 N–H and O–H groups in total. The van der Waals surface area contributed by atoms with Crippen LogP contribution >= 0.6 is 0 Å². The topological polar surface area (TPSA) is 67.4 Å². The van der Waals surface area contributed by atoms with Gasteiger partial charge >= 0.3 is 0 Å². The zero-order chi connectivity index (χ0) is 10.4. The van der Waals surface area contributed by atoms with E-state index in [1.165, 1.54) is 12.4 Å². The van der Waals surface area contributed by atoms with E-state index in [4.69, 9.17) is 10.2 Å². The molecule has 0 aromatic carbocycles. The first-order chi connectivity index (χ1) is 6.77. The Hall–Kier alpha value is -1.13. The minimum atomic E-state index is 0.0942. The first-order valence-corrected chi connectivity index (χ1v) is 4.68. The Morgan fingerprint density at radius 1 is 1.14 bits per heavy atom. The molecule has 4 heteroatoms. The number of rotatable bonds is 5. The van der Waals surface area contributed by atoms with Crippen LogP contribution in [0.3, 0.4) is 0 Å². The normalized spacial score (nSPS) is 10.8. The predicted octanol–water partition coefficient (Wildman–Crippen LogP) is 0.168. The molecule has 0 saturated carbocycles. The number of aliphatic hydroxyl groups is 2. The highest BCUT2D eigenvalue weighted by Crippen LogP contribution is 2.21. The summed E-state index contributed by atoms with van der Waals surface area (Å²) in [6, 6.07) is 3.45. The van der Waals surface area contributed by atoms with Crippen LogP contribution in [0.15, 0.2) is 24.5 Å². The fraction of sp³-hybridized carbons (Fsp3) is 0.500. The van der Waals surface area contributed by atoms with Gasteiger partial charge in [0.1, 0.15) is 0 Å². The minimum absolute atomic E-state index is 0.0942. The van der Waals surface area contributed by atoms with E-state index in [2.05, 4.69) is 0 Å². The van der Waals surface area contributed by atoms with Crippen LogP contribution in [0.1, 0.15) is 24.3 Å². The van der Waals surface area contributed by atoms with E-state index in [0.717, 1.165) is 10.3 Å². The van der Waals surface area contributed by atoms with Crippen molar-refractivity contribution in [2.24, 2.45) is 0 Å². The first-order valence-electron chi connectivity index (χ1n) is 4.68. The SMILES string of the molecule is [O-][n+]1ccc(C(CCO)CCO)cc1. The van der Waals surface area contributed by atoms with Gasteiger partial charge in [0.05, 0.1) is 0 Å². The molecule has 1 aromatic rings. The summed E-state index contributed by atoms with van der Waals surface area (Å²) in [5, 5.41) is 28.4. The van der Waals surface area contributed by atoms with E-state index < -0.39 is 0 Å². The summed E-state index contributed by atoms with van der Waals surface area (Å²) in [6.07, 6.45) is 4.08. The Bertz CT molecular complexity index is 255. The van der Waals surface area contributed by atoms with E-state index in [9.17, 15) is 5.21 Å². The van der Waals surface area contributed by atoms with Gasteiger partial charge < -0.3 is 15.4 Å². The Balaban J connectivity index is 2.71. The highest BCUT2D eigenvalue weighted by Gasteiger charge is 2.10. The van der Waals surface area contributed by atoms with Crippen LogP contribution in [0.25, 0.3) is 0 Å². The number of aliphatic hydroxyl groups excluding tert-OH is 2. The molecule has 0 amide bonds. The fourth-order valence-electron chi connectivity index (χ4n) is 1.49.